The first-order valence-corrected chi connectivity index (χ1v) is 9.55. The molecule has 0 saturated heterocycles. The zero-order chi connectivity index (χ0) is 19.0. The number of hydrogen-bond acceptors (Lipinski definition) is 3. The molecule has 0 fully saturated rings. The number of halogens is 1. The fourth-order valence-electron chi connectivity index (χ4n) is 3.65. The predicted octanol–water partition coefficient (Wildman–Crippen LogP) is 4.07. The third-order valence-corrected chi connectivity index (χ3v) is 5.34. The van der Waals surface area contributed by atoms with E-state index < -0.39 is 0 Å². The Bertz CT molecular complexity index is 1230. The van der Waals surface area contributed by atoms with E-state index in [0.717, 1.165) is 38.2 Å². The van der Waals surface area contributed by atoms with E-state index in [1.54, 1.807) is 5.48 Å². The highest BCUT2D eigenvalue weighted by Gasteiger charge is 2.16. The Hall–Kier alpha value is -2.64. The van der Waals surface area contributed by atoms with Crippen molar-refractivity contribution >= 4 is 54.5 Å². The standard InChI is InChI=1S/C20H18BrN3O3/c21-12-8-9-16-15(11-12)18-19(24(16)10-4-3-7-17(25)23-27)13-5-1-2-6-14(13)20(26)22-18/h1-2,5-6,8-9,11,27H,3-4,7,10H2,(H,22,26)(H,23,25). The van der Waals surface area contributed by atoms with Gasteiger partial charge in [0, 0.05) is 33.6 Å². The van der Waals surface area contributed by atoms with Crippen LogP contribution in [0.15, 0.2) is 51.7 Å². The maximum Gasteiger partial charge on any atom is 0.256 e. The Labute approximate surface area is 162 Å². The van der Waals surface area contributed by atoms with Crippen LogP contribution in [0.1, 0.15) is 19.3 Å². The normalized spacial score (nSPS) is 11.5. The van der Waals surface area contributed by atoms with E-state index in [-0.39, 0.29) is 17.9 Å². The molecule has 4 rings (SSSR count). The average Bonchev–Trinajstić information content (AvgIpc) is 2.98. The van der Waals surface area contributed by atoms with Gasteiger partial charge in [-0.1, -0.05) is 34.1 Å². The molecule has 2 aromatic heterocycles. The van der Waals surface area contributed by atoms with E-state index >= 15 is 0 Å². The van der Waals surface area contributed by atoms with Crippen LogP contribution in [-0.4, -0.2) is 20.7 Å². The number of fused-ring (bicyclic) bond motifs is 5. The summed E-state index contributed by atoms with van der Waals surface area (Å²) in [6.45, 7) is 0.705. The zero-order valence-electron chi connectivity index (χ0n) is 14.5. The molecule has 3 N–H and O–H groups in total. The SMILES string of the molecule is O=C(CCCCn1c2ccc(Br)cc2c2[nH]c(=O)c3ccccc3c21)NO. The van der Waals surface area contributed by atoms with Crippen molar-refractivity contribution in [2.24, 2.45) is 0 Å². The third kappa shape index (κ3) is 3.13. The predicted molar refractivity (Wildman–Crippen MR) is 109 cm³/mol. The molecule has 1 amide bonds. The van der Waals surface area contributed by atoms with Gasteiger partial charge in [0.2, 0.25) is 5.91 Å². The maximum absolute atomic E-state index is 12.6. The fraction of sp³-hybridized carbons (Fsp3) is 0.200. The molecule has 0 aliphatic carbocycles. The minimum Gasteiger partial charge on any atom is -0.339 e. The largest absolute Gasteiger partial charge is 0.339 e. The molecular formula is C20H18BrN3O3. The van der Waals surface area contributed by atoms with Gasteiger partial charge >= 0.3 is 0 Å². The van der Waals surface area contributed by atoms with Gasteiger partial charge in [-0.2, -0.15) is 0 Å². The van der Waals surface area contributed by atoms with Gasteiger partial charge in [0.15, 0.2) is 0 Å². The lowest BCUT2D eigenvalue weighted by Crippen LogP contribution is -2.18. The highest BCUT2D eigenvalue weighted by Crippen LogP contribution is 2.33. The minimum atomic E-state index is -0.379. The van der Waals surface area contributed by atoms with Gasteiger partial charge in [-0.05, 0) is 37.1 Å². The van der Waals surface area contributed by atoms with Crippen molar-refractivity contribution in [3.05, 3.63) is 57.3 Å². The van der Waals surface area contributed by atoms with E-state index in [4.69, 9.17) is 5.21 Å². The Balaban J connectivity index is 1.90. The van der Waals surface area contributed by atoms with Crippen LogP contribution >= 0.6 is 15.9 Å². The van der Waals surface area contributed by atoms with Crippen LogP contribution in [0.25, 0.3) is 32.7 Å². The number of aromatic amines is 1. The van der Waals surface area contributed by atoms with Crippen LogP contribution in [0.4, 0.5) is 0 Å². The van der Waals surface area contributed by atoms with E-state index in [1.165, 1.54) is 0 Å². The van der Waals surface area contributed by atoms with E-state index in [1.807, 2.05) is 42.5 Å². The highest BCUT2D eigenvalue weighted by molar-refractivity contribution is 9.10. The quantitative estimate of drug-likeness (QED) is 0.254. The summed E-state index contributed by atoms with van der Waals surface area (Å²) in [7, 11) is 0. The molecule has 0 radical (unpaired) electrons. The molecule has 0 bridgehead atoms. The Kier molecular flexibility index (Phi) is 4.72. The van der Waals surface area contributed by atoms with Gasteiger partial charge in [-0.25, -0.2) is 5.48 Å². The summed E-state index contributed by atoms with van der Waals surface area (Å²) in [4.78, 5) is 26.8. The summed E-state index contributed by atoms with van der Waals surface area (Å²) in [5, 5.41) is 11.2. The molecule has 7 heteroatoms. The molecule has 6 nitrogen and oxygen atoms in total. The van der Waals surface area contributed by atoms with Crippen LogP contribution in [0.3, 0.4) is 0 Å². The van der Waals surface area contributed by atoms with Gasteiger partial charge in [0.05, 0.1) is 16.6 Å². The number of H-pyrrole nitrogens is 1. The average molecular weight is 428 g/mol. The molecule has 0 aliphatic heterocycles. The molecule has 0 spiro atoms. The zero-order valence-corrected chi connectivity index (χ0v) is 16.0. The maximum atomic E-state index is 12.6. The number of carbonyl (C=O) groups is 1. The molecule has 138 valence electrons. The molecule has 0 unspecified atom stereocenters. The summed E-state index contributed by atoms with van der Waals surface area (Å²) < 4.78 is 3.15. The summed E-state index contributed by atoms with van der Waals surface area (Å²) >= 11 is 3.51. The van der Waals surface area contributed by atoms with Crippen molar-refractivity contribution in [1.82, 2.24) is 15.0 Å². The topological polar surface area (TPSA) is 87.1 Å². The lowest BCUT2D eigenvalue weighted by molar-refractivity contribution is -0.129. The number of carbonyl (C=O) groups excluding carboxylic acids is 1. The fourth-order valence-corrected chi connectivity index (χ4v) is 4.01. The molecule has 2 heterocycles. The second kappa shape index (κ2) is 7.17. The molecule has 27 heavy (non-hydrogen) atoms. The second-order valence-corrected chi connectivity index (χ2v) is 7.44. The van der Waals surface area contributed by atoms with Gasteiger partial charge in [0.1, 0.15) is 0 Å². The number of unbranched alkanes of at least 4 members (excludes halogenated alkanes) is 1. The Morgan fingerprint density at radius 1 is 1.11 bits per heavy atom. The third-order valence-electron chi connectivity index (χ3n) is 4.85. The smallest absolute Gasteiger partial charge is 0.256 e. The minimum absolute atomic E-state index is 0.100. The summed E-state index contributed by atoms with van der Waals surface area (Å²) in [6, 6.07) is 13.6. The van der Waals surface area contributed by atoms with Gasteiger partial charge < -0.3 is 9.55 Å². The molecule has 0 saturated carbocycles. The number of benzene rings is 2. The molecule has 2 aromatic carbocycles. The molecule has 4 aromatic rings. The van der Waals surface area contributed by atoms with E-state index in [2.05, 4.69) is 25.5 Å². The first kappa shape index (κ1) is 17.8. The van der Waals surface area contributed by atoms with Crippen molar-refractivity contribution in [2.45, 2.75) is 25.8 Å². The van der Waals surface area contributed by atoms with Gasteiger partial charge in [0.25, 0.3) is 5.56 Å². The van der Waals surface area contributed by atoms with Crippen LogP contribution < -0.4 is 11.0 Å². The lowest BCUT2D eigenvalue weighted by atomic mass is 10.1. The van der Waals surface area contributed by atoms with Gasteiger partial charge in [-0.3, -0.25) is 14.8 Å². The number of hydrogen-bond donors (Lipinski definition) is 3. The first-order chi connectivity index (χ1) is 13.1. The second-order valence-electron chi connectivity index (χ2n) is 6.53. The lowest BCUT2D eigenvalue weighted by Gasteiger charge is -2.09. The summed E-state index contributed by atoms with van der Waals surface area (Å²) in [5.41, 5.74) is 4.41. The van der Waals surface area contributed by atoms with Crippen molar-refractivity contribution in [1.29, 1.82) is 0 Å². The van der Waals surface area contributed by atoms with Gasteiger partial charge in [-0.15, -0.1) is 0 Å². The summed E-state index contributed by atoms with van der Waals surface area (Å²) in [6.07, 6.45) is 1.71. The molecular weight excluding hydrogens is 410 g/mol. The Morgan fingerprint density at radius 3 is 2.67 bits per heavy atom. The summed E-state index contributed by atoms with van der Waals surface area (Å²) in [5.74, 6) is -0.379. The van der Waals surface area contributed by atoms with Crippen molar-refractivity contribution in [3.63, 3.8) is 0 Å². The van der Waals surface area contributed by atoms with Crippen molar-refractivity contribution < 1.29 is 10.0 Å². The van der Waals surface area contributed by atoms with Crippen LogP contribution in [0.5, 0.6) is 0 Å². The molecule has 0 aliphatic rings. The number of nitrogens with zero attached hydrogens (tertiary/aromatic N) is 1. The number of nitrogens with one attached hydrogen (secondary N) is 2. The number of rotatable bonds is 5. The number of aromatic nitrogens is 2. The van der Waals surface area contributed by atoms with Crippen LogP contribution in [-0.2, 0) is 11.3 Å². The van der Waals surface area contributed by atoms with E-state index in [0.29, 0.717) is 18.4 Å². The Morgan fingerprint density at radius 2 is 1.89 bits per heavy atom. The number of amides is 1. The number of aryl methyl sites for hydroxylation is 1. The van der Waals surface area contributed by atoms with Crippen molar-refractivity contribution in [2.75, 3.05) is 0 Å². The first-order valence-electron chi connectivity index (χ1n) is 8.75. The van der Waals surface area contributed by atoms with E-state index in [9.17, 15) is 9.59 Å². The van der Waals surface area contributed by atoms with Crippen molar-refractivity contribution in [3.8, 4) is 0 Å². The van der Waals surface area contributed by atoms with Crippen LogP contribution in [0, 0.1) is 0 Å². The monoisotopic (exact) mass is 427 g/mol. The highest BCUT2D eigenvalue weighted by atomic mass is 79.9. The van der Waals surface area contributed by atoms with Crippen LogP contribution in [0.2, 0.25) is 0 Å². The molecule has 0 atom stereocenters. The number of pyridine rings is 1. The number of hydroxylamine groups is 1.